The third-order valence-corrected chi connectivity index (χ3v) is 6.69. The summed E-state index contributed by atoms with van der Waals surface area (Å²) in [4.78, 5) is 23.2. The molecule has 0 amide bonds. The lowest BCUT2D eigenvalue weighted by Crippen LogP contribution is -2.59. The topological polar surface area (TPSA) is 117 Å². The molecule has 1 aliphatic rings. The predicted octanol–water partition coefficient (Wildman–Crippen LogP) is 2.46. The molecule has 0 aliphatic carbocycles. The van der Waals surface area contributed by atoms with E-state index in [-0.39, 0.29) is 24.0 Å². The van der Waals surface area contributed by atoms with Crippen LogP contribution in [0.15, 0.2) is 29.2 Å². The zero-order chi connectivity index (χ0) is 23.9. The molecule has 2 rings (SSSR count). The van der Waals surface area contributed by atoms with Gasteiger partial charge in [0.1, 0.15) is 18.8 Å². The molecular formula is C22H33NO8S. The van der Waals surface area contributed by atoms with Gasteiger partial charge in [0.05, 0.1) is 17.0 Å². The van der Waals surface area contributed by atoms with Crippen LogP contribution < -0.4 is 4.72 Å². The summed E-state index contributed by atoms with van der Waals surface area (Å²) < 4.78 is 51.2. The Morgan fingerprint density at radius 3 is 2.28 bits per heavy atom. The van der Waals surface area contributed by atoms with Gasteiger partial charge in [-0.15, -0.1) is 0 Å². The molecule has 180 valence electrons. The molecule has 1 aromatic rings. The number of hydrogen-bond acceptors (Lipinski definition) is 8. The van der Waals surface area contributed by atoms with Gasteiger partial charge in [-0.25, -0.2) is 13.1 Å². The molecule has 0 unspecified atom stereocenters. The quantitative estimate of drug-likeness (QED) is 0.517. The summed E-state index contributed by atoms with van der Waals surface area (Å²) in [5.74, 6) is -1.14. The molecule has 0 saturated carbocycles. The van der Waals surface area contributed by atoms with E-state index in [1.165, 1.54) is 26.0 Å². The average Bonchev–Trinajstić information content (AvgIpc) is 2.72. The van der Waals surface area contributed by atoms with Crippen LogP contribution in [0.3, 0.4) is 0 Å². The fraction of sp³-hybridized carbons (Fsp3) is 0.636. The van der Waals surface area contributed by atoms with Crippen molar-refractivity contribution in [3.63, 3.8) is 0 Å². The second-order valence-electron chi connectivity index (χ2n) is 7.83. The number of sulfonamides is 1. The fourth-order valence-corrected chi connectivity index (χ4v) is 4.75. The van der Waals surface area contributed by atoms with Crippen molar-refractivity contribution in [2.75, 3.05) is 6.61 Å². The Kier molecular flexibility index (Phi) is 9.63. The molecule has 1 N–H and O–H groups in total. The molecule has 0 spiro atoms. The first kappa shape index (κ1) is 26.2. The first-order chi connectivity index (χ1) is 15.1. The first-order valence-electron chi connectivity index (χ1n) is 10.8. The summed E-state index contributed by atoms with van der Waals surface area (Å²) in [5, 5.41) is 0. The maximum atomic E-state index is 13.0. The zero-order valence-corrected chi connectivity index (χ0v) is 20.0. The van der Waals surface area contributed by atoms with Crippen LogP contribution in [-0.2, 0) is 38.6 Å². The second-order valence-corrected chi connectivity index (χ2v) is 9.55. The van der Waals surface area contributed by atoms with Gasteiger partial charge in [0, 0.05) is 20.3 Å². The minimum atomic E-state index is -3.92. The van der Waals surface area contributed by atoms with E-state index in [1.54, 1.807) is 12.1 Å². The molecule has 32 heavy (non-hydrogen) atoms. The zero-order valence-electron chi connectivity index (χ0n) is 19.2. The SMILES string of the molecule is CCC(CC)O[C@@H]1C[C@H](NS(=O)(=O)c2ccc(C)cc2)[C@@H](OC(C)=O)[C@@H](COC(C)=O)O1. The van der Waals surface area contributed by atoms with Gasteiger partial charge >= 0.3 is 11.9 Å². The normalized spacial score (nSPS) is 23.7. The van der Waals surface area contributed by atoms with Gasteiger partial charge < -0.3 is 18.9 Å². The molecule has 1 saturated heterocycles. The highest BCUT2D eigenvalue weighted by atomic mass is 32.2. The highest BCUT2D eigenvalue weighted by molar-refractivity contribution is 7.89. The van der Waals surface area contributed by atoms with Gasteiger partial charge in [-0.05, 0) is 31.9 Å². The molecule has 1 fully saturated rings. The lowest BCUT2D eigenvalue weighted by Gasteiger charge is -2.41. The van der Waals surface area contributed by atoms with E-state index in [4.69, 9.17) is 18.9 Å². The summed E-state index contributed by atoms with van der Waals surface area (Å²) in [6, 6.07) is 5.56. The smallest absolute Gasteiger partial charge is 0.303 e. The number of benzene rings is 1. The highest BCUT2D eigenvalue weighted by Crippen LogP contribution is 2.27. The van der Waals surface area contributed by atoms with Crippen molar-refractivity contribution in [1.82, 2.24) is 4.72 Å². The Bertz CT molecular complexity index is 866. The van der Waals surface area contributed by atoms with Crippen LogP contribution in [0.25, 0.3) is 0 Å². The molecule has 4 atom stereocenters. The van der Waals surface area contributed by atoms with Crippen LogP contribution in [0, 0.1) is 6.92 Å². The maximum absolute atomic E-state index is 13.0. The van der Waals surface area contributed by atoms with Gasteiger partial charge in [-0.2, -0.15) is 0 Å². The van der Waals surface area contributed by atoms with Crippen LogP contribution in [0.5, 0.6) is 0 Å². The Hall–Kier alpha value is -2.01. The van der Waals surface area contributed by atoms with E-state index < -0.39 is 46.5 Å². The largest absolute Gasteiger partial charge is 0.463 e. The third kappa shape index (κ3) is 7.54. The molecule has 10 heteroatoms. The van der Waals surface area contributed by atoms with Crippen molar-refractivity contribution in [3.05, 3.63) is 29.8 Å². The van der Waals surface area contributed by atoms with Crippen molar-refractivity contribution in [3.8, 4) is 0 Å². The van der Waals surface area contributed by atoms with Crippen LogP contribution in [0.4, 0.5) is 0 Å². The Morgan fingerprint density at radius 2 is 1.75 bits per heavy atom. The average molecular weight is 472 g/mol. The number of nitrogens with one attached hydrogen (secondary N) is 1. The molecule has 9 nitrogen and oxygen atoms in total. The van der Waals surface area contributed by atoms with Crippen molar-refractivity contribution < 1.29 is 37.0 Å². The monoisotopic (exact) mass is 471 g/mol. The molecule has 0 radical (unpaired) electrons. The maximum Gasteiger partial charge on any atom is 0.303 e. The van der Waals surface area contributed by atoms with Gasteiger partial charge in [-0.1, -0.05) is 31.5 Å². The van der Waals surface area contributed by atoms with Crippen molar-refractivity contribution in [2.24, 2.45) is 0 Å². The number of aryl methyl sites for hydroxylation is 1. The number of esters is 2. The van der Waals surface area contributed by atoms with E-state index in [0.29, 0.717) is 0 Å². The fourth-order valence-electron chi connectivity index (χ4n) is 3.50. The Morgan fingerprint density at radius 1 is 1.12 bits per heavy atom. The molecular weight excluding hydrogens is 438 g/mol. The molecule has 1 aliphatic heterocycles. The van der Waals surface area contributed by atoms with Crippen LogP contribution in [0.1, 0.15) is 52.5 Å². The standard InChI is InChI=1S/C22H33NO8S/c1-6-17(7-2)30-21-12-19(23-32(26,27)18-10-8-14(3)9-11-18)22(29-16(5)25)20(31-21)13-28-15(4)24/h8-11,17,19-23H,6-7,12-13H2,1-5H3/t19-,20+,21-,22+/m0/s1. The van der Waals surface area contributed by atoms with E-state index in [1.807, 2.05) is 20.8 Å². The lowest BCUT2D eigenvalue weighted by atomic mass is 9.99. The van der Waals surface area contributed by atoms with E-state index in [9.17, 15) is 18.0 Å². The summed E-state index contributed by atoms with van der Waals surface area (Å²) in [7, 11) is -3.92. The summed E-state index contributed by atoms with van der Waals surface area (Å²) in [6.45, 7) is 8.08. The number of ether oxygens (including phenoxy) is 4. The van der Waals surface area contributed by atoms with E-state index >= 15 is 0 Å². The summed E-state index contributed by atoms with van der Waals surface area (Å²) in [6.07, 6.45) is -1.14. The van der Waals surface area contributed by atoms with Gasteiger partial charge in [-0.3, -0.25) is 9.59 Å². The predicted molar refractivity (Wildman–Crippen MR) is 116 cm³/mol. The van der Waals surface area contributed by atoms with E-state index in [0.717, 1.165) is 18.4 Å². The minimum absolute atomic E-state index is 0.0881. The minimum Gasteiger partial charge on any atom is -0.463 e. The van der Waals surface area contributed by atoms with Crippen molar-refractivity contribution in [1.29, 1.82) is 0 Å². The van der Waals surface area contributed by atoms with Crippen LogP contribution >= 0.6 is 0 Å². The highest BCUT2D eigenvalue weighted by Gasteiger charge is 2.44. The van der Waals surface area contributed by atoms with Crippen LogP contribution in [0.2, 0.25) is 0 Å². The number of carbonyl (C=O) groups is 2. The van der Waals surface area contributed by atoms with Gasteiger partial charge in [0.2, 0.25) is 10.0 Å². The van der Waals surface area contributed by atoms with Crippen LogP contribution in [-0.4, -0.2) is 57.6 Å². The Balaban J connectivity index is 2.33. The van der Waals surface area contributed by atoms with E-state index in [2.05, 4.69) is 4.72 Å². The van der Waals surface area contributed by atoms with Crippen molar-refractivity contribution in [2.45, 2.75) is 89.4 Å². The summed E-state index contributed by atoms with van der Waals surface area (Å²) >= 11 is 0. The number of rotatable bonds is 10. The number of hydrogen-bond donors (Lipinski definition) is 1. The lowest BCUT2D eigenvalue weighted by molar-refractivity contribution is -0.256. The Labute approximate surface area is 189 Å². The third-order valence-electron chi connectivity index (χ3n) is 5.18. The molecule has 1 aromatic carbocycles. The first-order valence-corrected chi connectivity index (χ1v) is 12.2. The van der Waals surface area contributed by atoms with Crippen molar-refractivity contribution >= 4 is 22.0 Å². The number of carbonyl (C=O) groups excluding carboxylic acids is 2. The molecule has 0 bridgehead atoms. The van der Waals surface area contributed by atoms with Gasteiger partial charge in [0.15, 0.2) is 6.29 Å². The van der Waals surface area contributed by atoms with Gasteiger partial charge in [0.25, 0.3) is 0 Å². The summed E-state index contributed by atoms with van der Waals surface area (Å²) in [5.41, 5.74) is 0.924. The molecule has 1 heterocycles. The second kappa shape index (κ2) is 11.7. The molecule has 0 aromatic heterocycles.